The first-order valence-corrected chi connectivity index (χ1v) is 30.9. The van der Waals surface area contributed by atoms with Crippen molar-refractivity contribution in [3.05, 3.63) is 95.6 Å². The van der Waals surface area contributed by atoms with Gasteiger partial charge < -0.3 is 52.6 Å². The van der Waals surface area contributed by atoms with Crippen LogP contribution in [0.1, 0.15) is 145 Å². The molecule has 0 bridgehead atoms. The molecule has 3 amide bonds. The molecule has 9 rings (SSSR count). The summed E-state index contributed by atoms with van der Waals surface area (Å²) >= 11 is 3.36. The molecule has 3 saturated heterocycles. The van der Waals surface area contributed by atoms with Crippen molar-refractivity contribution >= 4 is 41.2 Å². The maximum Gasteiger partial charge on any atom is 0.334 e. The number of likely N-dealkylation sites (tertiary alicyclic amines) is 2. The zero-order valence-corrected chi connectivity index (χ0v) is 48.5. The smallest absolute Gasteiger partial charge is 0.334 e. The molecule has 3 heterocycles. The highest BCUT2D eigenvalue weighted by molar-refractivity contribution is 9.09. The number of carbonyl (C=O) groups is 3. The average molecular weight is 1150 g/mol. The topological polar surface area (TPSA) is 161 Å². The van der Waals surface area contributed by atoms with Crippen LogP contribution in [0.15, 0.2) is 78.9 Å². The third-order valence-electron chi connectivity index (χ3n) is 15.2. The lowest BCUT2D eigenvalue weighted by Crippen LogP contribution is -2.25. The van der Waals surface area contributed by atoms with Crippen molar-refractivity contribution in [3.63, 3.8) is 0 Å². The van der Waals surface area contributed by atoms with Crippen LogP contribution in [-0.4, -0.2) is 125 Å². The molecule has 3 aliphatic carbocycles. The predicted octanol–water partition coefficient (Wildman–Crippen LogP) is 12.1. The molecule has 3 atom stereocenters. The normalized spacial score (nSPS) is 21.2. The highest BCUT2D eigenvalue weighted by atomic mass is 79.9. The fourth-order valence-electron chi connectivity index (χ4n) is 11.1. The molecule has 3 saturated carbocycles. The van der Waals surface area contributed by atoms with E-state index < -0.39 is 7.60 Å². The summed E-state index contributed by atoms with van der Waals surface area (Å²) in [7, 11) is 1.89. The summed E-state index contributed by atoms with van der Waals surface area (Å²) in [5.74, 6) is 5.74. The van der Waals surface area contributed by atoms with E-state index in [2.05, 4.69) is 33.4 Å². The van der Waals surface area contributed by atoms with E-state index >= 15 is 0 Å². The summed E-state index contributed by atoms with van der Waals surface area (Å²) in [4.78, 5) is 39.9. The Balaban J connectivity index is 0.000000172. The summed E-state index contributed by atoms with van der Waals surface area (Å²) in [6, 6.07) is 18.1. The lowest BCUT2D eigenvalue weighted by atomic mass is 9.98. The molecule has 3 aromatic carbocycles. The van der Waals surface area contributed by atoms with E-state index in [0.29, 0.717) is 70.9 Å². The molecule has 17 heteroatoms. The third kappa shape index (κ3) is 17.5. The minimum Gasteiger partial charge on any atom is -0.493 e. The minimum absolute atomic E-state index is 0.116. The third-order valence-corrected chi connectivity index (χ3v) is 17.6. The molecule has 6 aliphatic rings. The molecule has 15 nitrogen and oxygen atoms in total. The van der Waals surface area contributed by atoms with Gasteiger partial charge in [-0.25, -0.2) is 0 Å². The van der Waals surface area contributed by atoms with Gasteiger partial charge in [0, 0.05) is 75.1 Å². The van der Waals surface area contributed by atoms with E-state index in [9.17, 15) is 18.9 Å². The van der Waals surface area contributed by atoms with Gasteiger partial charge in [-0.1, -0.05) is 58.4 Å². The second-order valence-electron chi connectivity index (χ2n) is 20.6. The second kappa shape index (κ2) is 30.4. The second-order valence-corrected chi connectivity index (χ2v) is 23.4. The molecule has 3 aromatic rings. The molecule has 3 aliphatic heterocycles. The number of nitrogens with zero attached hydrogens (tertiary/aromatic N) is 2. The Morgan fingerprint density at radius 1 is 0.545 bits per heavy atom. The van der Waals surface area contributed by atoms with Crippen molar-refractivity contribution in [2.24, 2.45) is 0 Å². The largest absolute Gasteiger partial charge is 0.493 e. The Kier molecular flexibility index (Phi) is 23.5. The van der Waals surface area contributed by atoms with Crippen LogP contribution in [0.5, 0.6) is 34.5 Å². The van der Waals surface area contributed by atoms with Gasteiger partial charge in [-0.05, 0) is 144 Å². The van der Waals surface area contributed by atoms with Gasteiger partial charge in [-0.2, -0.15) is 0 Å². The Hall–Kier alpha value is -5.02. The number of halogens is 1. The SMILES string of the molecule is CCOP(=O)(C/C=C/CN1CC(c2ccc(OC)c(OC3CCCC3)c2)CC1=O)OCC.COc1ccc(C2CC(=O)N(C/C=C/CBr)C2)cc1OC1CCCC1.COc1ccc(C2CNC(=O)C2)cc1OC1CCCC1. The summed E-state index contributed by atoms with van der Waals surface area (Å²) in [6.45, 7) is 7.56. The van der Waals surface area contributed by atoms with Gasteiger partial charge in [0.1, 0.15) is 0 Å². The van der Waals surface area contributed by atoms with Crippen molar-refractivity contribution < 1.29 is 56.4 Å². The molecular weight excluding hydrogens is 1070 g/mol. The molecule has 0 aromatic heterocycles. The van der Waals surface area contributed by atoms with Crippen molar-refractivity contribution in [3.8, 4) is 34.5 Å². The highest BCUT2D eigenvalue weighted by Gasteiger charge is 2.33. The molecule has 1 N–H and O–H groups in total. The van der Waals surface area contributed by atoms with E-state index in [4.69, 9.17) is 37.5 Å². The van der Waals surface area contributed by atoms with Crippen LogP contribution in [-0.2, 0) is 28.0 Å². The number of rotatable bonds is 23. The van der Waals surface area contributed by atoms with Crippen molar-refractivity contribution in [1.29, 1.82) is 0 Å². The van der Waals surface area contributed by atoms with Gasteiger partial charge in [0.15, 0.2) is 34.5 Å². The molecule has 0 radical (unpaired) electrons. The summed E-state index contributed by atoms with van der Waals surface area (Å²) in [6.07, 6.45) is 24.4. The lowest BCUT2D eigenvalue weighted by Gasteiger charge is -2.19. The fraction of sp³-hybridized carbons (Fsp3) is 0.583. The standard InChI is InChI=1S/C24H36NO6P.C20H26BrNO3.C16H21NO3/c1-4-29-32(27,30-5-2)15-9-8-14-25-18-20(17-24(25)26)19-12-13-22(28-3)23(16-19)31-21-10-6-7-11-21;1-24-18-9-8-15(12-19(18)25-17-6-2-3-7-17)16-13-20(23)22(14-16)11-5-4-10-21;1-19-14-7-6-11(12-9-16(18)17-10-12)8-15(14)20-13-4-2-3-5-13/h8-9,12-13,16,20-21H,4-7,10-11,14-15,17-18H2,1-3H3;4-5,8-9,12,16-17H,2-3,6-7,10-11,13-14H2,1H3;6-8,12-13H,2-5,9-10H2,1H3,(H,17,18)/b9-8+;5-4+;. The highest BCUT2D eigenvalue weighted by Crippen LogP contribution is 2.48. The maximum atomic E-state index is 12.6. The van der Waals surface area contributed by atoms with Crippen molar-refractivity contribution in [1.82, 2.24) is 15.1 Å². The zero-order chi connectivity index (χ0) is 54.6. The molecule has 6 fully saturated rings. The van der Waals surface area contributed by atoms with E-state index in [0.717, 1.165) is 102 Å². The van der Waals surface area contributed by atoms with Gasteiger partial charge in [-0.3, -0.25) is 18.9 Å². The van der Waals surface area contributed by atoms with Crippen LogP contribution in [0.4, 0.5) is 0 Å². The van der Waals surface area contributed by atoms with Gasteiger partial charge >= 0.3 is 7.60 Å². The van der Waals surface area contributed by atoms with Crippen LogP contribution >= 0.6 is 23.5 Å². The van der Waals surface area contributed by atoms with Gasteiger partial charge in [-0.15, -0.1) is 0 Å². The number of hydrogen-bond donors (Lipinski definition) is 1. The van der Waals surface area contributed by atoms with Gasteiger partial charge in [0.05, 0.1) is 59.0 Å². The first-order chi connectivity index (χ1) is 37.4. The maximum absolute atomic E-state index is 12.6. The van der Waals surface area contributed by atoms with Crippen LogP contribution in [0.2, 0.25) is 0 Å². The van der Waals surface area contributed by atoms with E-state index in [1.165, 1.54) is 38.5 Å². The number of allylic oxidation sites excluding steroid dienone is 2. The van der Waals surface area contributed by atoms with Crippen molar-refractivity contribution in [2.45, 2.75) is 146 Å². The van der Waals surface area contributed by atoms with Crippen LogP contribution in [0, 0.1) is 0 Å². The summed E-state index contributed by atoms with van der Waals surface area (Å²) in [5.41, 5.74) is 3.40. The number of alkyl halides is 1. The lowest BCUT2D eigenvalue weighted by molar-refractivity contribution is -0.128. The molecule has 3 unspecified atom stereocenters. The first kappa shape index (κ1) is 59.6. The van der Waals surface area contributed by atoms with E-state index in [1.54, 1.807) is 41.3 Å². The molecule has 422 valence electrons. The monoisotopic (exact) mass is 1150 g/mol. The minimum atomic E-state index is -3.10. The quantitative estimate of drug-likeness (QED) is 0.0544. The average Bonchev–Trinajstić information content (AvgIpc) is 4.32. The number of benzene rings is 3. The fourth-order valence-corrected chi connectivity index (χ4v) is 12.8. The van der Waals surface area contributed by atoms with Crippen LogP contribution in [0.25, 0.3) is 0 Å². The number of carbonyl (C=O) groups excluding carboxylic acids is 3. The Morgan fingerprint density at radius 2 is 0.935 bits per heavy atom. The van der Waals surface area contributed by atoms with Crippen LogP contribution in [0.3, 0.4) is 0 Å². The number of methoxy groups -OCH3 is 3. The number of ether oxygens (including phenoxy) is 6. The van der Waals surface area contributed by atoms with E-state index in [1.807, 2.05) is 70.5 Å². The Labute approximate surface area is 465 Å². The molecule has 0 spiro atoms. The number of nitrogens with one attached hydrogen (secondary N) is 1. The molecule has 77 heavy (non-hydrogen) atoms. The first-order valence-electron chi connectivity index (χ1n) is 28.0. The predicted molar refractivity (Wildman–Crippen MR) is 304 cm³/mol. The molecular formula is C60H83BrN3O12P. The van der Waals surface area contributed by atoms with Gasteiger partial charge in [0.2, 0.25) is 17.7 Å². The van der Waals surface area contributed by atoms with Gasteiger partial charge in [0.25, 0.3) is 0 Å². The summed E-state index contributed by atoms with van der Waals surface area (Å²) in [5, 5.41) is 3.70. The Morgan fingerprint density at radius 3 is 1.29 bits per heavy atom. The van der Waals surface area contributed by atoms with Crippen molar-refractivity contribution in [2.75, 3.05) is 78.8 Å². The number of hydrogen-bond acceptors (Lipinski definition) is 12. The zero-order valence-electron chi connectivity index (χ0n) is 46.1. The number of amides is 3. The Bertz CT molecular complexity index is 2480. The van der Waals surface area contributed by atoms with Crippen LogP contribution < -0.4 is 33.7 Å². The van der Waals surface area contributed by atoms with E-state index in [-0.39, 0.29) is 47.7 Å². The summed E-state index contributed by atoms with van der Waals surface area (Å²) < 4.78 is 58.0.